The summed E-state index contributed by atoms with van der Waals surface area (Å²) in [4.78, 5) is 0. The molecule has 2 rings (SSSR count). The van der Waals surface area contributed by atoms with Crippen molar-refractivity contribution in [1.29, 1.82) is 0 Å². The number of rotatable bonds is 8. The van der Waals surface area contributed by atoms with E-state index in [1.165, 1.54) is 54.9 Å². The third-order valence-corrected chi connectivity index (χ3v) is 3.76. The maximum absolute atomic E-state index is 5.55. The maximum atomic E-state index is 5.55. The number of hydrogen-bond donors (Lipinski definition) is 0. The van der Waals surface area contributed by atoms with E-state index in [4.69, 9.17) is 4.74 Å². The number of aryl methyl sites for hydroxylation is 1. The van der Waals surface area contributed by atoms with Crippen LogP contribution in [0.15, 0.2) is 36.4 Å². The molecule has 0 aliphatic heterocycles. The van der Waals surface area contributed by atoms with E-state index in [1.54, 1.807) is 0 Å². The molecule has 0 N–H and O–H groups in total. The minimum Gasteiger partial charge on any atom is -0.494 e. The van der Waals surface area contributed by atoms with Crippen LogP contribution >= 0.6 is 0 Å². The van der Waals surface area contributed by atoms with Crippen LogP contribution in [0.2, 0.25) is 0 Å². The first-order valence-corrected chi connectivity index (χ1v) is 7.99. The largest absolute Gasteiger partial charge is 0.494 e. The highest BCUT2D eigenvalue weighted by molar-refractivity contribution is 5.84. The van der Waals surface area contributed by atoms with Gasteiger partial charge in [-0.25, -0.2) is 0 Å². The van der Waals surface area contributed by atoms with Crippen molar-refractivity contribution in [3.05, 3.63) is 42.0 Å². The lowest BCUT2D eigenvalue weighted by atomic mass is 10.0. The highest BCUT2D eigenvalue weighted by Crippen LogP contribution is 2.23. The SMILES string of the molecule is CCCCCCCc1ccc2cc(OCC)ccc2c1. The molecule has 0 aliphatic carbocycles. The van der Waals surface area contributed by atoms with Crippen molar-refractivity contribution in [2.45, 2.75) is 52.4 Å². The van der Waals surface area contributed by atoms with Crippen molar-refractivity contribution in [3.8, 4) is 5.75 Å². The zero-order chi connectivity index (χ0) is 14.2. The van der Waals surface area contributed by atoms with Gasteiger partial charge in [-0.2, -0.15) is 0 Å². The molecule has 0 bridgehead atoms. The Morgan fingerprint density at radius 3 is 2.35 bits per heavy atom. The third-order valence-electron chi connectivity index (χ3n) is 3.76. The Hall–Kier alpha value is -1.50. The molecule has 0 radical (unpaired) electrons. The highest BCUT2D eigenvalue weighted by atomic mass is 16.5. The molecule has 0 fully saturated rings. The summed E-state index contributed by atoms with van der Waals surface area (Å²) >= 11 is 0. The molecule has 20 heavy (non-hydrogen) atoms. The van der Waals surface area contributed by atoms with E-state index >= 15 is 0 Å². The summed E-state index contributed by atoms with van der Waals surface area (Å²) in [5.74, 6) is 0.965. The first-order chi connectivity index (χ1) is 9.83. The molecule has 0 heterocycles. The minimum atomic E-state index is 0.724. The number of hydrogen-bond acceptors (Lipinski definition) is 1. The van der Waals surface area contributed by atoms with E-state index in [-0.39, 0.29) is 0 Å². The molecule has 1 nitrogen and oxygen atoms in total. The summed E-state index contributed by atoms with van der Waals surface area (Å²) in [6.07, 6.45) is 7.93. The molecule has 0 saturated carbocycles. The smallest absolute Gasteiger partial charge is 0.119 e. The fourth-order valence-electron chi connectivity index (χ4n) is 2.62. The van der Waals surface area contributed by atoms with Gasteiger partial charge in [0.05, 0.1) is 6.61 Å². The van der Waals surface area contributed by atoms with Gasteiger partial charge in [0.15, 0.2) is 0 Å². The summed E-state index contributed by atoms with van der Waals surface area (Å²) in [6.45, 7) is 5.01. The quantitative estimate of drug-likeness (QED) is 0.555. The predicted octanol–water partition coefficient (Wildman–Crippen LogP) is 5.75. The Kier molecular flexibility index (Phi) is 5.91. The molecule has 108 valence electrons. The topological polar surface area (TPSA) is 9.23 Å². The van der Waals surface area contributed by atoms with Gasteiger partial charge in [0.2, 0.25) is 0 Å². The van der Waals surface area contributed by atoms with Crippen LogP contribution < -0.4 is 4.74 Å². The van der Waals surface area contributed by atoms with Gasteiger partial charge in [0.1, 0.15) is 5.75 Å². The average molecular weight is 270 g/mol. The van der Waals surface area contributed by atoms with E-state index in [0.29, 0.717) is 0 Å². The van der Waals surface area contributed by atoms with Crippen LogP contribution in [0, 0.1) is 0 Å². The van der Waals surface area contributed by atoms with Gasteiger partial charge >= 0.3 is 0 Å². The van der Waals surface area contributed by atoms with Crippen molar-refractivity contribution in [1.82, 2.24) is 0 Å². The summed E-state index contributed by atoms with van der Waals surface area (Å²) in [5, 5.41) is 2.59. The van der Waals surface area contributed by atoms with Crippen LogP contribution in [0.5, 0.6) is 5.75 Å². The van der Waals surface area contributed by atoms with Crippen molar-refractivity contribution in [3.63, 3.8) is 0 Å². The Bertz CT molecular complexity index is 530. The molecule has 0 saturated heterocycles. The van der Waals surface area contributed by atoms with Gasteiger partial charge in [0.25, 0.3) is 0 Å². The van der Waals surface area contributed by atoms with Crippen molar-refractivity contribution in [2.75, 3.05) is 6.61 Å². The first kappa shape index (κ1) is 14.9. The Balaban J connectivity index is 1.97. The molecule has 2 aromatic carbocycles. The van der Waals surface area contributed by atoms with Crippen molar-refractivity contribution < 1.29 is 4.74 Å². The lowest BCUT2D eigenvalue weighted by Crippen LogP contribution is -1.91. The van der Waals surface area contributed by atoms with Gasteiger partial charge in [0, 0.05) is 0 Å². The second-order valence-corrected chi connectivity index (χ2v) is 5.44. The molecule has 0 aliphatic rings. The summed E-state index contributed by atoms with van der Waals surface area (Å²) in [6, 6.07) is 13.2. The Morgan fingerprint density at radius 1 is 0.800 bits per heavy atom. The van der Waals surface area contributed by atoms with Crippen LogP contribution in [0.1, 0.15) is 51.5 Å². The molecule has 2 aromatic rings. The van der Waals surface area contributed by atoms with Crippen LogP contribution in [0.4, 0.5) is 0 Å². The molecule has 1 heteroatoms. The third kappa shape index (κ3) is 4.26. The first-order valence-electron chi connectivity index (χ1n) is 7.99. The highest BCUT2D eigenvalue weighted by Gasteiger charge is 2.00. The van der Waals surface area contributed by atoms with Crippen LogP contribution in [-0.2, 0) is 6.42 Å². The fourth-order valence-corrected chi connectivity index (χ4v) is 2.62. The maximum Gasteiger partial charge on any atom is 0.119 e. The molecule has 0 unspecified atom stereocenters. The summed E-state index contributed by atoms with van der Waals surface area (Å²) < 4.78 is 5.55. The summed E-state index contributed by atoms with van der Waals surface area (Å²) in [7, 11) is 0. The summed E-state index contributed by atoms with van der Waals surface area (Å²) in [5.41, 5.74) is 1.46. The van der Waals surface area contributed by atoms with E-state index < -0.39 is 0 Å². The molecule has 0 amide bonds. The molecular weight excluding hydrogens is 244 g/mol. The van der Waals surface area contributed by atoms with Crippen LogP contribution in [-0.4, -0.2) is 6.61 Å². The molecule has 0 spiro atoms. The number of fused-ring (bicyclic) bond motifs is 1. The van der Waals surface area contributed by atoms with E-state index in [9.17, 15) is 0 Å². The van der Waals surface area contributed by atoms with Crippen LogP contribution in [0.3, 0.4) is 0 Å². The van der Waals surface area contributed by atoms with E-state index in [2.05, 4.69) is 43.3 Å². The second kappa shape index (κ2) is 7.94. The standard InChI is InChI=1S/C19H26O/c1-3-5-6-7-8-9-16-10-11-18-15-19(20-4-2)13-12-17(18)14-16/h10-15H,3-9H2,1-2H3. The fraction of sp³-hybridized carbons (Fsp3) is 0.474. The minimum absolute atomic E-state index is 0.724. The normalized spacial score (nSPS) is 10.9. The molecular formula is C19H26O. The van der Waals surface area contributed by atoms with E-state index in [1.807, 2.05) is 6.92 Å². The van der Waals surface area contributed by atoms with Crippen LogP contribution in [0.25, 0.3) is 10.8 Å². The van der Waals surface area contributed by atoms with Crippen molar-refractivity contribution >= 4 is 10.8 Å². The van der Waals surface area contributed by atoms with Gasteiger partial charge in [-0.05, 0) is 48.2 Å². The predicted molar refractivity (Wildman–Crippen MR) is 87.6 cm³/mol. The average Bonchev–Trinajstić information content (AvgIpc) is 2.47. The number of unbranched alkanes of at least 4 members (excludes halogenated alkanes) is 4. The van der Waals surface area contributed by atoms with Crippen molar-refractivity contribution in [2.24, 2.45) is 0 Å². The Morgan fingerprint density at radius 2 is 1.55 bits per heavy atom. The Labute approximate surface area is 123 Å². The number of benzene rings is 2. The monoisotopic (exact) mass is 270 g/mol. The lowest BCUT2D eigenvalue weighted by molar-refractivity contribution is 0.341. The molecule has 0 atom stereocenters. The lowest BCUT2D eigenvalue weighted by Gasteiger charge is -2.07. The number of ether oxygens (including phenoxy) is 1. The zero-order valence-electron chi connectivity index (χ0n) is 12.8. The van der Waals surface area contributed by atoms with E-state index in [0.717, 1.165) is 12.4 Å². The van der Waals surface area contributed by atoms with Gasteiger partial charge in [-0.1, -0.05) is 56.9 Å². The van der Waals surface area contributed by atoms with Gasteiger partial charge in [-0.3, -0.25) is 0 Å². The molecule has 0 aromatic heterocycles. The zero-order valence-corrected chi connectivity index (χ0v) is 12.8. The van der Waals surface area contributed by atoms with Gasteiger partial charge in [-0.15, -0.1) is 0 Å². The van der Waals surface area contributed by atoms with Gasteiger partial charge < -0.3 is 4.74 Å². The second-order valence-electron chi connectivity index (χ2n) is 5.44.